The maximum Gasteiger partial charge on any atom is 0.119 e. The molecule has 4 rings (SSSR count). The summed E-state index contributed by atoms with van der Waals surface area (Å²) in [6.45, 7) is 0.558. The fraction of sp³-hybridized carbons (Fsp3) is 0.0385. The van der Waals surface area contributed by atoms with E-state index in [4.69, 9.17) is 4.74 Å². The normalized spacial score (nSPS) is 11.2. The quantitative estimate of drug-likeness (QED) is 0.239. The first kappa shape index (κ1) is 19.3. The van der Waals surface area contributed by atoms with Gasteiger partial charge in [-0.15, -0.1) is 0 Å². The number of aliphatic imine (C=N–C) groups is 1. The van der Waals surface area contributed by atoms with Gasteiger partial charge in [-0.2, -0.15) is 10.2 Å². The topological polar surface area (TPSA) is 46.3 Å². The third-order valence-corrected chi connectivity index (χ3v) is 4.38. The van der Waals surface area contributed by atoms with Crippen molar-refractivity contribution in [2.45, 2.75) is 6.61 Å². The van der Waals surface area contributed by atoms with Gasteiger partial charge in [0.2, 0.25) is 0 Å². The lowest BCUT2D eigenvalue weighted by molar-refractivity contribution is 0.306. The van der Waals surface area contributed by atoms with Gasteiger partial charge in [0.25, 0.3) is 0 Å². The van der Waals surface area contributed by atoms with E-state index >= 15 is 0 Å². The molecular weight excluding hydrogens is 370 g/mol. The van der Waals surface area contributed by atoms with E-state index in [2.05, 4.69) is 27.4 Å². The van der Waals surface area contributed by atoms with Gasteiger partial charge in [-0.3, -0.25) is 4.99 Å². The highest BCUT2D eigenvalue weighted by atomic mass is 16.5. The lowest BCUT2D eigenvalue weighted by Crippen LogP contribution is -1.94. The van der Waals surface area contributed by atoms with Crippen molar-refractivity contribution in [2.75, 3.05) is 0 Å². The Hall–Kier alpha value is -4.05. The number of hydrogen-bond donors (Lipinski definition) is 0. The van der Waals surface area contributed by atoms with Crippen molar-refractivity contribution < 1.29 is 4.74 Å². The molecule has 0 heterocycles. The summed E-state index contributed by atoms with van der Waals surface area (Å²) in [5, 5.41) is 8.46. The van der Waals surface area contributed by atoms with E-state index in [1.165, 1.54) is 0 Å². The van der Waals surface area contributed by atoms with Crippen LogP contribution in [0.15, 0.2) is 124 Å². The predicted molar refractivity (Wildman–Crippen MR) is 122 cm³/mol. The van der Waals surface area contributed by atoms with E-state index in [-0.39, 0.29) is 0 Å². The van der Waals surface area contributed by atoms with Crippen molar-refractivity contribution in [3.05, 3.63) is 120 Å². The number of hydrogen-bond acceptors (Lipinski definition) is 4. The van der Waals surface area contributed by atoms with E-state index in [9.17, 15) is 0 Å². The van der Waals surface area contributed by atoms with Crippen LogP contribution in [0.3, 0.4) is 0 Å². The Morgan fingerprint density at radius 3 is 1.80 bits per heavy atom. The van der Waals surface area contributed by atoms with E-state index in [1.54, 1.807) is 0 Å². The molecule has 0 spiro atoms. The Labute approximate surface area is 176 Å². The van der Waals surface area contributed by atoms with Crippen LogP contribution in [0.2, 0.25) is 0 Å². The maximum absolute atomic E-state index is 5.81. The van der Waals surface area contributed by atoms with Gasteiger partial charge in [0.15, 0.2) is 0 Å². The van der Waals surface area contributed by atoms with Crippen LogP contribution in [0.1, 0.15) is 11.1 Å². The molecule has 4 heteroatoms. The van der Waals surface area contributed by atoms with Crippen LogP contribution < -0.4 is 4.74 Å². The average molecular weight is 391 g/mol. The monoisotopic (exact) mass is 391 g/mol. The summed E-state index contributed by atoms with van der Waals surface area (Å²) in [5.41, 5.74) is 4.64. The van der Waals surface area contributed by atoms with E-state index < -0.39 is 0 Å². The molecule has 4 aromatic rings. The Morgan fingerprint density at radius 2 is 1.13 bits per heavy atom. The summed E-state index contributed by atoms with van der Waals surface area (Å²) in [4.78, 5) is 4.52. The van der Waals surface area contributed by atoms with Crippen molar-refractivity contribution >= 4 is 23.3 Å². The molecule has 0 unspecified atom stereocenters. The Morgan fingerprint density at radius 1 is 0.567 bits per heavy atom. The largest absolute Gasteiger partial charge is 0.489 e. The van der Waals surface area contributed by atoms with Gasteiger partial charge >= 0.3 is 0 Å². The number of azo groups is 1. The van der Waals surface area contributed by atoms with Crippen molar-refractivity contribution in [3.63, 3.8) is 0 Å². The summed E-state index contributed by atoms with van der Waals surface area (Å²) in [5.74, 6) is 0.837. The molecule has 0 fully saturated rings. The van der Waals surface area contributed by atoms with Crippen molar-refractivity contribution in [2.24, 2.45) is 15.2 Å². The van der Waals surface area contributed by atoms with Gasteiger partial charge < -0.3 is 4.74 Å². The van der Waals surface area contributed by atoms with Gasteiger partial charge in [0.05, 0.1) is 17.1 Å². The zero-order chi connectivity index (χ0) is 20.4. The predicted octanol–water partition coefficient (Wildman–Crippen LogP) is 7.43. The van der Waals surface area contributed by atoms with Gasteiger partial charge in [0, 0.05) is 6.21 Å². The first-order chi connectivity index (χ1) is 14.8. The van der Waals surface area contributed by atoms with Crippen molar-refractivity contribution in [1.82, 2.24) is 0 Å². The van der Waals surface area contributed by atoms with Gasteiger partial charge in [-0.25, -0.2) is 0 Å². The fourth-order valence-corrected chi connectivity index (χ4v) is 2.76. The van der Waals surface area contributed by atoms with Crippen molar-refractivity contribution in [3.8, 4) is 5.75 Å². The number of nitrogens with zero attached hydrogens (tertiary/aromatic N) is 3. The van der Waals surface area contributed by atoms with Gasteiger partial charge in [-0.05, 0) is 71.8 Å². The molecular formula is C26H21N3O. The molecule has 0 saturated carbocycles. The molecule has 0 aliphatic heterocycles. The second-order valence-corrected chi connectivity index (χ2v) is 6.65. The van der Waals surface area contributed by atoms with Crippen LogP contribution in [-0.4, -0.2) is 6.21 Å². The van der Waals surface area contributed by atoms with Crippen LogP contribution >= 0.6 is 0 Å². The summed E-state index contributed by atoms with van der Waals surface area (Å²) >= 11 is 0. The molecule has 0 aromatic heterocycles. The van der Waals surface area contributed by atoms with E-state index in [1.807, 2.05) is 103 Å². The second-order valence-electron chi connectivity index (χ2n) is 6.65. The molecule has 4 nitrogen and oxygen atoms in total. The first-order valence-corrected chi connectivity index (χ1v) is 9.73. The highest BCUT2D eigenvalue weighted by molar-refractivity contribution is 5.82. The SMILES string of the molecule is C(=Nc1ccc(N=Nc2ccccc2)cc1)c1ccc(OCc2ccccc2)cc1. The molecule has 0 aliphatic carbocycles. The van der Waals surface area contributed by atoms with E-state index in [0.29, 0.717) is 6.61 Å². The fourth-order valence-electron chi connectivity index (χ4n) is 2.76. The molecule has 0 aliphatic rings. The summed E-state index contributed by atoms with van der Waals surface area (Å²) in [6, 6.07) is 35.3. The number of benzene rings is 4. The second kappa shape index (κ2) is 9.94. The molecule has 30 heavy (non-hydrogen) atoms. The van der Waals surface area contributed by atoms with Crippen LogP contribution in [0.25, 0.3) is 0 Å². The zero-order valence-electron chi connectivity index (χ0n) is 16.4. The summed E-state index contributed by atoms with van der Waals surface area (Å²) in [7, 11) is 0. The summed E-state index contributed by atoms with van der Waals surface area (Å²) < 4.78 is 5.81. The van der Waals surface area contributed by atoms with E-state index in [0.717, 1.165) is 33.9 Å². The molecule has 0 N–H and O–H groups in total. The molecule has 146 valence electrons. The molecule has 0 radical (unpaired) electrons. The zero-order valence-corrected chi connectivity index (χ0v) is 16.4. The third-order valence-electron chi connectivity index (χ3n) is 4.38. The lowest BCUT2D eigenvalue weighted by Gasteiger charge is -2.06. The Bertz CT molecular complexity index is 1100. The van der Waals surface area contributed by atoms with Crippen LogP contribution in [-0.2, 0) is 6.61 Å². The minimum atomic E-state index is 0.558. The third kappa shape index (κ3) is 5.72. The van der Waals surface area contributed by atoms with Crippen LogP contribution in [0, 0.1) is 0 Å². The first-order valence-electron chi connectivity index (χ1n) is 9.73. The highest BCUT2D eigenvalue weighted by Gasteiger charge is 1.97. The number of ether oxygens (including phenoxy) is 1. The molecule has 0 bridgehead atoms. The highest BCUT2D eigenvalue weighted by Crippen LogP contribution is 2.21. The lowest BCUT2D eigenvalue weighted by atomic mass is 10.2. The smallest absolute Gasteiger partial charge is 0.119 e. The Balaban J connectivity index is 1.32. The molecule has 4 aromatic carbocycles. The summed E-state index contributed by atoms with van der Waals surface area (Å²) in [6.07, 6.45) is 1.83. The minimum Gasteiger partial charge on any atom is -0.489 e. The molecule has 0 saturated heterocycles. The van der Waals surface area contributed by atoms with Crippen molar-refractivity contribution in [1.29, 1.82) is 0 Å². The Kier molecular flexibility index (Phi) is 6.38. The maximum atomic E-state index is 5.81. The minimum absolute atomic E-state index is 0.558. The van der Waals surface area contributed by atoms with Crippen LogP contribution in [0.4, 0.5) is 17.1 Å². The standard InChI is InChI=1S/C26H21N3O/c1-3-7-22(8-4-1)20-30-26-17-11-21(12-18-26)19-27-23-13-15-25(16-14-23)29-28-24-9-5-2-6-10-24/h1-19H,20H2. The average Bonchev–Trinajstić information content (AvgIpc) is 2.83. The van der Waals surface area contributed by atoms with Crippen LogP contribution in [0.5, 0.6) is 5.75 Å². The van der Waals surface area contributed by atoms with Gasteiger partial charge in [-0.1, -0.05) is 48.5 Å². The van der Waals surface area contributed by atoms with Gasteiger partial charge in [0.1, 0.15) is 12.4 Å². The molecule has 0 atom stereocenters. The number of rotatable bonds is 7. The molecule has 0 amide bonds.